The zero-order valence-electron chi connectivity index (χ0n) is 16.1. The van der Waals surface area contributed by atoms with E-state index < -0.39 is 0 Å². The molecule has 1 saturated heterocycles. The quantitative estimate of drug-likeness (QED) is 0.243. The Balaban J connectivity index is 1.44. The molecule has 1 aliphatic heterocycles. The Bertz CT molecular complexity index is 799. The number of hydrogen-bond acceptors (Lipinski definition) is 3. The zero-order valence-corrected chi connectivity index (χ0v) is 19.1. The zero-order chi connectivity index (χ0) is 19.2. The molecule has 1 fully saturated rings. The van der Waals surface area contributed by atoms with Crippen molar-refractivity contribution in [1.82, 2.24) is 0 Å². The molecule has 0 amide bonds. The van der Waals surface area contributed by atoms with Crippen molar-refractivity contribution < 1.29 is 9.47 Å². The summed E-state index contributed by atoms with van der Waals surface area (Å²) in [5, 5.41) is 0. The molecular formula is C24H27IO2S. The molecule has 0 saturated carbocycles. The Labute approximate surface area is 186 Å². The highest BCUT2D eigenvalue weighted by Crippen LogP contribution is 2.39. The molecule has 2 nitrogen and oxygen atoms in total. The standard InChI is InChI=1S/C24H27IO2S/c25-23-9-5-4-6-20(23)10-11-21(18-28-22-7-2-1-3-8-22)19-12-14-24(15-13-19)26-16-17-27-24/h1-9,12,21H,10-11,13-18H2. The minimum absolute atomic E-state index is 0.324. The van der Waals surface area contributed by atoms with Crippen LogP contribution in [0, 0.1) is 9.49 Å². The van der Waals surface area contributed by atoms with Crippen LogP contribution in [-0.4, -0.2) is 24.8 Å². The van der Waals surface area contributed by atoms with Crippen LogP contribution in [0.5, 0.6) is 0 Å². The summed E-state index contributed by atoms with van der Waals surface area (Å²) in [6, 6.07) is 19.5. The van der Waals surface area contributed by atoms with Crippen molar-refractivity contribution in [3.63, 3.8) is 0 Å². The highest BCUT2D eigenvalue weighted by Gasteiger charge is 2.38. The molecule has 1 aliphatic carbocycles. The molecule has 0 aromatic heterocycles. The van der Waals surface area contributed by atoms with E-state index in [1.165, 1.54) is 20.4 Å². The molecule has 2 aromatic rings. The molecule has 2 aromatic carbocycles. The third kappa shape index (κ3) is 5.21. The molecule has 1 unspecified atom stereocenters. The van der Waals surface area contributed by atoms with Gasteiger partial charge in [0.05, 0.1) is 13.2 Å². The van der Waals surface area contributed by atoms with Gasteiger partial charge in [-0.2, -0.15) is 0 Å². The maximum atomic E-state index is 5.91. The Morgan fingerprint density at radius 2 is 1.75 bits per heavy atom. The largest absolute Gasteiger partial charge is 0.347 e. The monoisotopic (exact) mass is 506 g/mol. The molecule has 1 atom stereocenters. The summed E-state index contributed by atoms with van der Waals surface area (Å²) in [5.41, 5.74) is 3.06. The van der Waals surface area contributed by atoms with Gasteiger partial charge in [-0.1, -0.05) is 48.0 Å². The lowest BCUT2D eigenvalue weighted by atomic mass is 9.84. The average Bonchev–Trinajstić information content (AvgIpc) is 3.19. The molecule has 1 heterocycles. The van der Waals surface area contributed by atoms with Crippen molar-refractivity contribution in [2.45, 2.75) is 42.8 Å². The molecule has 4 heteroatoms. The van der Waals surface area contributed by atoms with Gasteiger partial charge in [-0.15, -0.1) is 11.8 Å². The maximum absolute atomic E-state index is 5.91. The number of rotatable bonds is 7. The minimum Gasteiger partial charge on any atom is -0.347 e. The second-order valence-electron chi connectivity index (χ2n) is 7.54. The first-order chi connectivity index (χ1) is 13.7. The fraction of sp³-hybridized carbons (Fsp3) is 0.417. The molecular weight excluding hydrogens is 479 g/mol. The van der Waals surface area contributed by atoms with E-state index in [1.807, 2.05) is 11.8 Å². The van der Waals surface area contributed by atoms with Crippen molar-refractivity contribution >= 4 is 34.4 Å². The van der Waals surface area contributed by atoms with Crippen LogP contribution in [0.3, 0.4) is 0 Å². The Morgan fingerprint density at radius 1 is 1.00 bits per heavy atom. The minimum atomic E-state index is -0.324. The predicted molar refractivity (Wildman–Crippen MR) is 125 cm³/mol. The third-order valence-electron chi connectivity index (χ3n) is 5.72. The van der Waals surface area contributed by atoms with Gasteiger partial charge >= 0.3 is 0 Å². The average molecular weight is 506 g/mol. The van der Waals surface area contributed by atoms with Crippen LogP contribution in [0.25, 0.3) is 0 Å². The van der Waals surface area contributed by atoms with Crippen LogP contribution >= 0.6 is 34.4 Å². The highest BCUT2D eigenvalue weighted by molar-refractivity contribution is 14.1. The van der Waals surface area contributed by atoms with E-state index in [2.05, 4.69) is 83.3 Å². The lowest BCUT2D eigenvalue weighted by Crippen LogP contribution is -2.32. The van der Waals surface area contributed by atoms with Gasteiger partial charge in [-0.3, -0.25) is 0 Å². The number of ether oxygens (including phenoxy) is 2. The summed E-state index contributed by atoms with van der Waals surface area (Å²) in [6.45, 7) is 1.48. The van der Waals surface area contributed by atoms with Crippen molar-refractivity contribution in [3.8, 4) is 0 Å². The van der Waals surface area contributed by atoms with Crippen molar-refractivity contribution in [3.05, 3.63) is 75.4 Å². The van der Waals surface area contributed by atoms with Gasteiger partial charge in [0.2, 0.25) is 0 Å². The third-order valence-corrected chi connectivity index (χ3v) is 7.95. The van der Waals surface area contributed by atoms with E-state index in [1.54, 1.807) is 5.57 Å². The van der Waals surface area contributed by atoms with Gasteiger partial charge in [0.1, 0.15) is 0 Å². The van der Waals surface area contributed by atoms with Crippen LogP contribution in [-0.2, 0) is 15.9 Å². The Kier molecular flexibility index (Phi) is 7.15. The van der Waals surface area contributed by atoms with Crippen LogP contribution in [0.4, 0.5) is 0 Å². The fourth-order valence-electron chi connectivity index (χ4n) is 4.08. The smallest absolute Gasteiger partial charge is 0.172 e. The SMILES string of the molecule is Ic1ccccc1CCC(CSc1ccccc1)C1=CCC2(CC1)OCCO2. The first-order valence-electron chi connectivity index (χ1n) is 10.1. The van der Waals surface area contributed by atoms with E-state index in [-0.39, 0.29) is 5.79 Å². The number of benzene rings is 2. The normalized spacial score (nSPS) is 19.5. The second-order valence-corrected chi connectivity index (χ2v) is 9.80. The highest BCUT2D eigenvalue weighted by atomic mass is 127. The summed E-state index contributed by atoms with van der Waals surface area (Å²) in [5.74, 6) is 1.41. The summed E-state index contributed by atoms with van der Waals surface area (Å²) in [4.78, 5) is 1.36. The molecule has 0 bridgehead atoms. The lowest BCUT2D eigenvalue weighted by Gasteiger charge is -2.33. The van der Waals surface area contributed by atoms with Gasteiger partial charge in [0.15, 0.2) is 5.79 Å². The summed E-state index contributed by atoms with van der Waals surface area (Å²) >= 11 is 4.44. The number of allylic oxidation sites excluding steroid dienone is 1. The van der Waals surface area contributed by atoms with Crippen molar-refractivity contribution in [2.24, 2.45) is 5.92 Å². The van der Waals surface area contributed by atoms with Gasteiger partial charge in [-0.25, -0.2) is 0 Å². The molecule has 2 aliphatic rings. The van der Waals surface area contributed by atoms with Crippen LogP contribution in [0.1, 0.15) is 31.2 Å². The fourth-order valence-corrected chi connectivity index (χ4v) is 5.86. The van der Waals surface area contributed by atoms with E-state index >= 15 is 0 Å². The molecule has 4 rings (SSSR count). The molecule has 0 radical (unpaired) electrons. The maximum Gasteiger partial charge on any atom is 0.172 e. The molecule has 28 heavy (non-hydrogen) atoms. The predicted octanol–water partition coefficient (Wildman–Crippen LogP) is 6.49. The topological polar surface area (TPSA) is 18.5 Å². The lowest BCUT2D eigenvalue weighted by molar-refractivity contribution is -0.161. The number of halogens is 1. The Morgan fingerprint density at radius 3 is 2.46 bits per heavy atom. The van der Waals surface area contributed by atoms with Gasteiger partial charge in [-0.05, 0) is 71.5 Å². The first kappa shape index (κ1) is 20.5. The molecule has 0 N–H and O–H groups in total. The van der Waals surface area contributed by atoms with E-state index in [9.17, 15) is 0 Å². The van der Waals surface area contributed by atoms with Gasteiger partial charge < -0.3 is 9.47 Å². The summed E-state index contributed by atoms with van der Waals surface area (Å²) < 4.78 is 13.2. The van der Waals surface area contributed by atoms with E-state index in [4.69, 9.17) is 9.47 Å². The molecule has 148 valence electrons. The second kappa shape index (κ2) is 9.79. The summed E-state index contributed by atoms with van der Waals surface area (Å²) in [6.07, 6.45) is 7.73. The van der Waals surface area contributed by atoms with Crippen LogP contribution in [0.2, 0.25) is 0 Å². The summed E-state index contributed by atoms with van der Waals surface area (Å²) in [7, 11) is 0. The van der Waals surface area contributed by atoms with Crippen LogP contribution < -0.4 is 0 Å². The number of thioether (sulfide) groups is 1. The van der Waals surface area contributed by atoms with Gasteiger partial charge in [0.25, 0.3) is 0 Å². The Hall–Kier alpha value is -0.820. The van der Waals surface area contributed by atoms with E-state index in [0.29, 0.717) is 5.92 Å². The number of hydrogen-bond donors (Lipinski definition) is 0. The molecule has 1 spiro atoms. The van der Waals surface area contributed by atoms with E-state index in [0.717, 1.165) is 44.6 Å². The van der Waals surface area contributed by atoms with Crippen LogP contribution in [0.15, 0.2) is 71.1 Å². The van der Waals surface area contributed by atoms with Gasteiger partial charge in [0, 0.05) is 27.1 Å². The number of aryl methyl sites for hydroxylation is 1. The first-order valence-corrected chi connectivity index (χ1v) is 12.2. The van der Waals surface area contributed by atoms with Crippen molar-refractivity contribution in [2.75, 3.05) is 19.0 Å². The van der Waals surface area contributed by atoms with Crippen molar-refractivity contribution in [1.29, 1.82) is 0 Å².